The van der Waals surface area contributed by atoms with Crippen molar-refractivity contribution >= 4 is 0 Å². The largest absolute Gasteiger partial charge is 0.212 e. The van der Waals surface area contributed by atoms with Crippen molar-refractivity contribution in [3.63, 3.8) is 0 Å². The van der Waals surface area contributed by atoms with Crippen molar-refractivity contribution in [2.24, 2.45) is 0 Å². The lowest BCUT2D eigenvalue weighted by Crippen LogP contribution is -1.68. The van der Waals surface area contributed by atoms with Crippen LogP contribution >= 0.6 is 0 Å². The van der Waals surface area contributed by atoms with Gasteiger partial charge in [-0.15, -0.1) is 0 Å². The molecule has 7 heavy (non-hydrogen) atoms. The van der Waals surface area contributed by atoms with Crippen molar-refractivity contribution < 1.29 is 4.39 Å². The Morgan fingerprint density at radius 2 is 2.43 bits per heavy atom. The van der Waals surface area contributed by atoms with Crippen molar-refractivity contribution in [3.05, 3.63) is 18.8 Å². The van der Waals surface area contributed by atoms with Gasteiger partial charge in [0.05, 0.1) is 5.83 Å². The van der Waals surface area contributed by atoms with Crippen LogP contribution in [0.5, 0.6) is 0 Å². The number of hydrogen-bond donors (Lipinski definition) is 0. The highest BCUT2D eigenvalue weighted by Gasteiger charge is 1.85. The zero-order valence-electron chi connectivity index (χ0n) is 4.58. The zero-order valence-corrected chi connectivity index (χ0v) is 4.58. The summed E-state index contributed by atoms with van der Waals surface area (Å²) in [6, 6.07) is 0. The van der Waals surface area contributed by atoms with Gasteiger partial charge >= 0.3 is 0 Å². The zero-order chi connectivity index (χ0) is 5.70. The molecule has 0 aliphatic carbocycles. The van der Waals surface area contributed by atoms with E-state index in [0.717, 1.165) is 6.42 Å². The van der Waals surface area contributed by atoms with Crippen LogP contribution in [0.3, 0.4) is 0 Å². The van der Waals surface area contributed by atoms with Gasteiger partial charge in [0.1, 0.15) is 0 Å². The van der Waals surface area contributed by atoms with Crippen LogP contribution in [0.4, 0.5) is 4.39 Å². The maximum absolute atomic E-state index is 11.9. The van der Waals surface area contributed by atoms with E-state index in [0.29, 0.717) is 6.42 Å². The second-order valence-electron chi connectivity index (χ2n) is 1.40. The van der Waals surface area contributed by atoms with Crippen LogP contribution < -0.4 is 0 Å². The Hall–Kier alpha value is -0.330. The Morgan fingerprint density at radius 1 is 1.86 bits per heavy atom. The van der Waals surface area contributed by atoms with Gasteiger partial charge in [-0.3, -0.25) is 0 Å². The van der Waals surface area contributed by atoms with Crippen molar-refractivity contribution in [3.8, 4) is 0 Å². The number of hydrogen-bond acceptors (Lipinski definition) is 0. The predicted molar refractivity (Wildman–Crippen MR) is 29.5 cm³/mol. The van der Waals surface area contributed by atoms with E-state index < -0.39 is 0 Å². The van der Waals surface area contributed by atoms with E-state index >= 15 is 0 Å². The fourth-order valence-electron chi connectivity index (χ4n) is 0.341. The molecule has 41 valence electrons. The highest BCUT2D eigenvalue weighted by molar-refractivity contribution is 4.92. The lowest BCUT2D eigenvalue weighted by Gasteiger charge is -1.86. The third-order valence-corrected chi connectivity index (χ3v) is 0.710. The molecule has 0 aromatic heterocycles. The predicted octanol–water partition coefficient (Wildman–Crippen LogP) is 2.47. The molecule has 0 rings (SSSR count). The maximum atomic E-state index is 11.9. The first kappa shape index (κ1) is 6.67. The van der Waals surface area contributed by atoms with Gasteiger partial charge in [0.2, 0.25) is 0 Å². The van der Waals surface area contributed by atoms with Gasteiger partial charge < -0.3 is 0 Å². The van der Waals surface area contributed by atoms with Crippen LogP contribution in [0.1, 0.15) is 19.8 Å². The molecule has 0 amide bonds. The standard InChI is InChI=1S/C6H10F/c1-3-5-6(7)4-2/h4H,2-3,5H2,1H3/b6-4-. The summed E-state index contributed by atoms with van der Waals surface area (Å²) in [4.78, 5) is 0. The molecule has 0 heterocycles. The van der Waals surface area contributed by atoms with Crippen LogP contribution in [0.25, 0.3) is 0 Å². The van der Waals surface area contributed by atoms with Gasteiger partial charge in [-0.25, -0.2) is 4.39 Å². The molecule has 0 unspecified atom stereocenters. The fraction of sp³-hybridized carbons (Fsp3) is 0.500. The van der Waals surface area contributed by atoms with Crippen LogP contribution in [-0.2, 0) is 0 Å². The molecule has 0 saturated carbocycles. The number of rotatable bonds is 2. The maximum Gasteiger partial charge on any atom is 0.0959 e. The number of halogens is 1. The first-order valence-corrected chi connectivity index (χ1v) is 2.45. The van der Waals surface area contributed by atoms with Crippen LogP contribution in [0.2, 0.25) is 0 Å². The molecule has 0 spiro atoms. The smallest absolute Gasteiger partial charge is 0.0959 e. The molecule has 0 atom stereocenters. The van der Waals surface area contributed by atoms with E-state index in [4.69, 9.17) is 0 Å². The number of allylic oxidation sites excluding steroid dienone is 2. The molecule has 0 fully saturated rings. The van der Waals surface area contributed by atoms with Crippen molar-refractivity contribution in [1.29, 1.82) is 0 Å². The van der Waals surface area contributed by atoms with E-state index in [1.54, 1.807) is 0 Å². The van der Waals surface area contributed by atoms with Crippen LogP contribution in [0.15, 0.2) is 11.9 Å². The van der Waals surface area contributed by atoms with Gasteiger partial charge in [-0.2, -0.15) is 0 Å². The third-order valence-electron chi connectivity index (χ3n) is 0.710. The van der Waals surface area contributed by atoms with E-state index in [2.05, 4.69) is 6.92 Å². The summed E-state index contributed by atoms with van der Waals surface area (Å²) in [5.41, 5.74) is 0. The molecule has 0 bridgehead atoms. The molecular formula is C6H10F. The van der Waals surface area contributed by atoms with E-state index in [-0.39, 0.29) is 5.83 Å². The average molecular weight is 101 g/mol. The molecule has 0 aliphatic heterocycles. The Labute approximate surface area is 44.0 Å². The van der Waals surface area contributed by atoms with E-state index in [1.807, 2.05) is 6.92 Å². The van der Waals surface area contributed by atoms with Gasteiger partial charge in [0, 0.05) is 0 Å². The summed E-state index contributed by atoms with van der Waals surface area (Å²) in [6.07, 6.45) is 2.64. The van der Waals surface area contributed by atoms with Gasteiger partial charge in [0.25, 0.3) is 0 Å². The SMILES string of the molecule is [CH2]/C=C(\F)CCC. The van der Waals surface area contributed by atoms with E-state index in [1.165, 1.54) is 6.08 Å². The second kappa shape index (κ2) is 3.85. The summed E-state index contributed by atoms with van der Waals surface area (Å²) in [5, 5.41) is 0. The molecular weight excluding hydrogens is 91.1 g/mol. The topological polar surface area (TPSA) is 0 Å². The van der Waals surface area contributed by atoms with Crippen molar-refractivity contribution in [2.75, 3.05) is 0 Å². The Kier molecular flexibility index (Phi) is 3.67. The van der Waals surface area contributed by atoms with Gasteiger partial charge in [0.15, 0.2) is 0 Å². The highest BCUT2D eigenvalue weighted by atomic mass is 19.1. The Bertz CT molecular complexity index is 64.6. The molecule has 1 radical (unpaired) electrons. The summed E-state index contributed by atoms with van der Waals surface area (Å²) < 4.78 is 11.9. The van der Waals surface area contributed by atoms with E-state index in [9.17, 15) is 4.39 Å². The van der Waals surface area contributed by atoms with Gasteiger partial charge in [-0.05, 0) is 19.8 Å². The minimum atomic E-state index is -0.109. The Morgan fingerprint density at radius 3 is 2.57 bits per heavy atom. The lowest BCUT2D eigenvalue weighted by atomic mass is 10.3. The van der Waals surface area contributed by atoms with Crippen molar-refractivity contribution in [2.45, 2.75) is 19.8 Å². The second-order valence-corrected chi connectivity index (χ2v) is 1.40. The molecule has 1 heteroatoms. The highest BCUT2D eigenvalue weighted by Crippen LogP contribution is 2.03. The Balaban J connectivity index is 3.17. The molecule has 0 saturated heterocycles. The first-order valence-electron chi connectivity index (χ1n) is 2.45. The summed E-state index contributed by atoms with van der Waals surface area (Å²) >= 11 is 0. The minimum absolute atomic E-state index is 0.109. The van der Waals surface area contributed by atoms with Gasteiger partial charge in [-0.1, -0.05) is 13.0 Å². The quantitative estimate of drug-likeness (QED) is 0.501. The molecule has 0 aliphatic rings. The average Bonchev–Trinajstić information content (AvgIpc) is 1.68. The molecule has 0 aromatic carbocycles. The molecule has 0 N–H and O–H groups in total. The lowest BCUT2D eigenvalue weighted by molar-refractivity contribution is 0.584. The monoisotopic (exact) mass is 101 g/mol. The van der Waals surface area contributed by atoms with Crippen LogP contribution in [-0.4, -0.2) is 0 Å². The molecule has 0 aromatic rings. The summed E-state index contributed by atoms with van der Waals surface area (Å²) in [6.45, 7) is 5.20. The normalized spacial score (nSPS) is 12.1. The minimum Gasteiger partial charge on any atom is -0.212 e. The molecule has 0 nitrogen and oxygen atoms in total. The van der Waals surface area contributed by atoms with Crippen molar-refractivity contribution in [1.82, 2.24) is 0 Å². The summed E-state index contributed by atoms with van der Waals surface area (Å²) in [7, 11) is 0. The summed E-state index contributed by atoms with van der Waals surface area (Å²) in [5.74, 6) is -0.109. The van der Waals surface area contributed by atoms with Crippen LogP contribution in [0, 0.1) is 6.92 Å². The third kappa shape index (κ3) is 3.50. The first-order chi connectivity index (χ1) is 3.31. The fourth-order valence-corrected chi connectivity index (χ4v) is 0.341.